The molecule has 0 aromatic carbocycles. The maximum absolute atomic E-state index is 11.6. The molecule has 108 valence electrons. The van der Waals surface area contributed by atoms with Crippen molar-refractivity contribution in [1.82, 2.24) is 0 Å². The number of hydrogen-bond donors (Lipinski definition) is 1. The van der Waals surface area contributed by atoms with E-state index in [1.165, 1.54) is 32.4 Å². The van der Waals surface area contributed by atoms with Gasteiger partial charge in [-0.25, -0.2) is 4.79 Å². The van der Waals surface area contributed by atoms with Crippen LogP contribution in [0.3, 0.4) is 0 Å². The van der Waals surface area contributed by atoms with E-state index >= 15 is 0 Å². The smallest absolute Gasteiger partial charge is 0.331 e. The van der Waals surface area contributed by atoms with Crippen molar-refractivity contribution in [2.75, 3.05) is 14.2 Å². The topological polar surface area (TPSA) is 74.2 Å². The first-order chi connectivity index (χ1) is 9.04. The SMILES string of the molecule is C=C/C=C\C(=O)OC1C(O)C(C)OC(OC)C1OC. The molecular formula is C13H20O6. The van der Waals surface area contributed by atoms with Gasteiger partial charge >= 0.3 is 5.97 Å². The number of aliphatic hydroxyl groups excluding tert-OH is 1. The van der Waals surface area contributed by atoms with Crippen LogP contribution in [0.5, 0.6) is 0 Å². The minimum Gasteiger partial charge on any atom is -0.453 e. The third-order valence-corrected chi connectivity index (χ3v) is 2.88. The van der Waals surface area contributed by atoms with Crippen LogP contribution < -0.4 is 0 Å². The molecule has 0 spiro atoms. The average molecular weight is 272 g/mol. The fourth-order valence-corrected chi connectivity index (χ4v) is 1.88. The van der Waals surface area contributed by atoms with E-state index in [2.05, 4.69) is 6.58 Å². The van der Waals surface area contributed by atoms with Gasteiger partial charge in [0, 0.05) is 20.3 Å². The number of allylic oxidation sites excluding steroid dienone is 2. The molecule has 1 aliphatic rings. The Balaban J connectivity index is 2.82. The molecule has 0 aliphatic carbocycles. The van der Waals surface area contributed by atoms with E-state index in [1.54, 1.807) is 6.92 Å². The molecule has 1 heterocycles. The molecule has 19 heavy (non-hydrogen) atoms. The van der Waals surface area contributed by atoms with E-state index in [0.29, 0.717) is 0 Å². The molecular weight excluding hydrogens is 252 g/mol. The Labute approximate surface area is 112 Å². The molecule has 6 heteroatoms. The first-order valence-electron chi connectivity index (χ1n) is 5.94. The van der Waals surface area contributed by atoms with Gasteiger partial charge in [0.25, 0.3) is 0 Å². The van der Waals surface area contributed by atoms with E-state index in [4.69, 9.17) is 18.9 Å². The van der Waals surface area contributed by atoms with Gasteiger partial charge in [-0.15, -0.1) is 0 Å². The van der Waals surface area contributed by atoms with Gasteiger partial charge in [0.2, 0.25) is 0 Å². The Bertz CT molecular complexity index is 340. The van der Waals surface area contributed by atoms with Crippen molar-refractivity contribution in [2.45, 2.75) is 37.6 Å². The van der Waals surface area contributed by atoms with Crippen LogP contribution in [0.1, 0.15) is 6.92 Å². The number of esters is 1. The van der Waals surface area contributed by atoms with Crippen LogP contribution in [-0.2, 0) is 23.7 Å². The first-order valence-corrected chi connectivity index (χ1v) is 5.94. The second-order valence-electron chi connectivity index (χ2n) is 4.13. The summed E-state index contributed by atoms with van der Waals surface area (Å²) in [7, 11) is 2.89. The molecule has 5 unspecified atom stereocenters. The second-order valence-corrected chi connectivity index (χ2v) is 4.13. The molecule has 1 rings (SSSR count). The molecule has 0 aromatic rings. The number of methoxy groups -OCH3 is 2. The van der Waals surface area contributed by atoms with Gasteiger partial charge in [0.15, 0.2) is 12.4 Å². The molecule has 5 atom stereocenters. The summed E-state index contributed by atoms with van der Waals surface area (Å²) in [4.78, 5) is 11.6. The third kappa shape index (κ3) is 3.87. The maximum atomic E-state index is 11.6. The molecule has 0 saturated carbocycles. The van der Waals surface area contributed by atoms with E-state index in [9.17, 15) is 9.90 Å². The summed E-state index contributed by atoms with van der Waals surface area (Å²) in [5.74, 6) is -0.588. The maximum Gasteiger partial charge on any atom is 0.331 e. The first kappa shape index (κ1) is 15.8. The Morgan fingerprint density at radius 1 is 1.32 bits per heavy atom. The molecule has 0 bridgehead atoms. The van der Waals surface area contributed by atoms with Crippen molar-refractivity contribution in [2.24, 2.45) is 0 Å². The molecule has 1 aliphatic heterocycles. The summed E-state index contributed by atoms with van der Waals surface area (Å²) in [6.07, 6.45) is 0.342. The molecule has 0 amide bonds. The second kappa shape index (κ2) is 7.40. The highest BCUT2D eigenvalue weighted by Crippen LogP contribution is 2.25. The number of rotatable bonds is 5. The van der Waals surface area contributed by atoms with Crippen LogP contribution in [0.2, 0.25) is 0 Å². The number of ether oxygens (including phenoxy) is 4. The molecule has 1 fully saturated rings. The van der Waals surface area contributed by atoms with Crippen LogP contribution >= 0.6 is 0 Å². The van der Waals surface area contributed by atoms with Gasteiger partial charge in [-0.1, -0.05) is 18.7 Å². The molecule has 6 nitrogen and oxygen atoms in total. The van der Waals surface area contributed by atoms with Crippen LogP contribution in [0, 0.1) is 0 Å². The lowest BCUT2D eigenvalue weighted by atomic mass is 9.99. The van der Waals surface area contributed by atoms with Crippen LogP contribution in [-0.4, -0.2) is 56.0 Å². The lowest BCUT2D eigenvalue weighted by molar-refractivity contribution is -0.293. The zero-order chi connectivity index (χ0) is 14.4. The largest absolute Gasteiger partial charge is 0.453 e. The van der Waals surface area contributed by atoms with Gasteiger partial charge in [-0.3, -0.25) is 0 Å². The van der Waals surface area contributed by atoms with Crippen molar-refractivity contribution < 1.29 is 28.8 Å². The summed E-state index contributed by atoms with van der Waals surface area (Å²) in [6.45, 7) is 5.12. The van der Waals surface area contributed by atoms with E-state index in [-0.39, 0.29) is 0 Å². The summed E-state index contributed by atoms with van der Waals surface area (Å²) >= 11 is 0. The normalized spacial score (nSPS) is 35.3. The van der Waals surface area contributed by atoms with Crippen LogP contribution in [0.15, 0.2) is 24.8 Å². The number of carbonyl (C=O) groups excluding carboxylic acids is 1. The highest BCUT2D eigenvalue weighted by atomic mass is 16.7. The minimum absolute atomic E-state index is 0.530. The zero-order valence-electron chi connectivity index (χ0n) is 11.3. The average Bonchev–Trinajstić information content (AvgIpc) is 2.41. The third-order valence-electron chi connectivity index (χ3n) is 2.88. The highest BCUT2D eigenvalue weighted by molar-refractivity contribution is 5.82. The zero-order valence-corrected chi connectivity index (χ0v) is 11.3. The molecule has 0 aromatic heterocycles. The van der Waals surface area contributed by atoms with Gasteiger partial charge in [0.1, 0.15) is 12.2 Å². The van der Waals surface area contributed by atoms with Crippen molar-refractivity contribution in [1.29, 1.82) is 0 Å². The predicted molar refractivity (Wildman–Crippen MR) is 67.4 cm³/mol. The lowest BCUT2D eigenvalue weighted by Gasteiger charge is -2.41. The van der Waals surface area contributed by atoms with E-state index in [1.807, 2.05) is 0 Å². The minimum atomic E-state index is -0.988. The van der Waals surface area contributed by atoms with Crippen molar-refractivity contribution >= 4 is 5.97 Å². The highest BCUT2D eigenvalue weighted by Gasteiger charge is 2.46. The van der Waals surface area contributed by atoms with Gasteiger partial charge in [-0.05, 0) is 6.92 Å². The van der Waals surface area contributed by atoms with E-state index in [0.717, 1.165) is 0 Å². The monoisotopic (exact) mass is 272 g/mol. The van der Waals surface area contributed by atoms with Gasteiger partial charge in [-0.2, -0.15) is 0 Å². The summed E-state index contributed by atoms with van der Waals surface area (Å²) < 4.78 is 20.9. The van der Waals surface area contributed by atoms with Gasteiger partial charge < -0.3 is 24.1 Å². The Kier molecular flexibility index (Phi) is 6.17. The molecule has 1 N–H and O–H groups in total. The summed E-state index contributed by atoms with van der Waals surface area (Å²) in [5.41, 5.74) is 0. The summed E-state index contributed by atoms with van der Waals surface area (Å²) in [6, 6.07) is 0. The summed E-state index contributed by atoms with van der Waals surface area (Å²) in [5, 5.41) is 10.0. The Morgan fingerprint density at radius 2 is 2.00 bits per heavy atom. The predicted octanol–water partition coefficient (Wildman–Crippen LogP) is 0.407. The number of aliphatic hydroxyl groups is 1. The van der Waals surface area contributed by atoms with Crippen molar-refractivity contribution in [3.8, 4) is 0 Å². The fourth-order valence-electron chi connectivity index (χ4n) is 1.88. The number of hydrogen-bond acceptors (Lipinski definition) is 6. The van der Waals surface area contributed by atoms with Crippen molar-refractivity contribution in [3.63, 3.8) is 0 Å². The lowest BCUT2D eigenvalue weighted by Crippen LogP contribution is -2.59. The number of carbonyl (C=O) groups is 1. The quantitative estimate of drug-likeness (QED) is 0.444. The molecule has 0 radical (unpaired) electrons. The van der Waals surface area contributed by atoms with Crippen LogP contribution in [0.4, 0.5) is 0 Å². The molecule has 1 saturated heterocycles. The van der Waals surface area contributed by atoms with Crippen LogP contribution in [0.25, 0.3) is 0 Å². The standard InChI is InChI=1S/C13H20O6/c1-5-6-7-9(14)19-11-10(15)8(2)18-13(17-4)12(11)16-3/h5-8,10-13,15H,1H2,2-4H3/b7-6-. The van der Waals surface area contributed by atoms with Crippen molar-refractivity contribution in [3.05, 3.63) is 24.8 Å². The van der Waals surface area contributed by atoms with Gasteiger partial charge in [0.05, 0.1) is 6.10 Å². The fraction of sp³-hybridized carbons (Fsp3) is 0.615. The van der Waals surface area contributed by atoms with E-state index < -0.39 is 36.7 Å². The Hall–Kier alpha value is -1.21. The Morgan fingerprint density at radius 3 is 2.53 bits per heavy atom.